The van der Waals surface area contributed by atoms with Gasteiger partial charge in [-0.05, 0) is 41.9 Å². The molecule has 3 aromatic rings. The minimum Gasteiger partial charge on any atom is -0.496 e. The number of benzene rings is 1. The molecule has 1 aromatic carbocycles. The van der Waals surface area contributed by atoms with Gasteiger partial charge in [0.05, 0.1) is 24.1 Å². The highest BCUT2D eigenvalue weighted by molar-refractivity contribution is 7.71. The summed E-state index contributed by atoms with van der Waals surface area (Å²) >= 11 is 13.5. The van der Waals surface area contributed by atoms with Crippen LogP contribution in [-0.4, -0.2) is 28.4 Å². The molecule has 0 amide bonds. The van der Waals surface area contributed by atoms with Gasteiger partial charge in [-0.3, -0.25) is 5.10 Å². The van der Waals surface area contributed by atoms with Crippen LogP contribution in [-0.2, 0) is 6.67 Å². The number of nitrogens with one attached hydrogen (secondary N) is 2. The van der Waals surface area contributed by atoms with Crippen molar-refractivity contribution in [3.63, 3.8) is 0 Å². The van der Waals surface area contributed by atoms with Crippen molar-refractivity contribution in [1.82, 2.24) is 14.8 Å². The van der Waals surface area contributed by atoms with Crippen molar-refractivity contribution in [1.29, 1.82) is 0 Å². The van der Waals surface area contributed by atoms with Crippen LogP contribution in [0.25, 0.3) is 11.4 Å². The Morgan fingerprint density at radius 3 is 3.12 bits per heavy atom. The minimum atomic E-state index is 0.532. The summed E-state index contributed by atoms with van der Waals surface area (Å²) in [7, 11) is 1.64. The van der Waals surface area contributed by atoms with Gasteiger partial charge in [-0.25, -0.2) is 4.68 Å². The van der Waals surface area contributed by atoms with Crippen molar-refractivity contribution in [2.24, 2.45) is 0 Å². The van der Waals surface area contributed by atoms with Crippen LogP contribution in [0.5, 0.6) is 5.75 Å². The maximum atomic E-state index is 6.15. The average Bonchev–Trinajstić information content (AvgIpc) is 3.37. The molecule has 0 bridgehead atoms. The Labute approximate surface area is 166 Å². The number of thiophene rings is 1. The fourth-order valence-electron chi connectivity index (χ4n) is 3.59. The molecule has 1 aliphatic heterocycles. The zero-order chi connectivity index (χ0) is 18.1. The van der Waals surface area contributed by atoms with Gasteiger partial charge in [0.1, 0.15) is 11.8 Å². The third kappa shape index (κ3) is 3.44. The SMILES string of the molecule is COc1ccc(Cl)cc1-c1nc(=S)n(C[NH+]2CCC[C@H]2c2cccs2)[nH]1. The topological polar surface area (TPSA) is 47.3 Å². The van der Waals surface area contributed by atoms with Gasteiger partial charge in [-0.2, -0.15) is 4.98 Å². The molecule has 1 unspecified atom stereocenters. The number of nitrogens with zero attached hydrogens (tertiary/aromatic N) is 2. The third-order valence-electron chi connectivity index (χ3n) is 4.83. The number of quaternary nitrogens is 1. The molecule has 3 heterocycles. The molecule has 5 nitrogen and oxygen atoms in total. The summed E-state index contributed by atoms with van der Waals surface area (Å²) in [5, 5.41) is 6.12. The molecular weight excluding hydrogens is 388 g/mol. The first-order chi connectivity index (χ1) is 12.7. The Hall–Kier alpha value is -1.67. The number of aromatic nitrogens is 3. The van der Waals surface area contributed by atoms with Gasteiger partial charge in [0.2, 0.25) is 4.77 Å². The standard InChI is InChI=1S/C18H19ClN4OS2/c1-24-15-7-6-12(19)10-13(15)17-20-18(25)23(21-17)11-22-8-2-4-14(22)16-5-3-9-26-16/h3,5-7,9-10,14H,2,4,8,11H2,1H3,(H,20,21,25)/p+1/t14-/m0/s1. The lowest BCUT2D eigenvalue weighted by atomic mass is 10.2. The third-order valence-corrected chi connectivity index (χ3v) is 6.36. The quantitative estimate of drug-likeness (QED) is 0.634. The number of halogens is 1. The lowest BCUT2D eigenvalue weighted by Gasteiger charge is -2.20. The zero-order valence-corrected chi connectivity index (χ0v) is 16.8. The van der Waals surface area contributed by atoms with Crippen LogP contribution in [0.1, 0.15) is 23.8 Å². The number of aromatic amines is 1. The number of hydrogen-bond donors (Lipinski definition) is 2. The van der Waals surface area contributed by atoms with E-state index in [0.717, 1.165) is 24.5 Å². The maximum Gasteiger partial charge on any atom is 0.221 e. The number of H-pyrrole nitrogens is 1. The van der Waals surface area contributed by atoms with Crippen molar-refractivity contribution >= 4 is 35.2 Å². The Morgan fingerprint density at radius 1 is 1.46 bits per heavy atom. The van der Waals surface area contributed by atoms with E-state index in [-0.39, 0.29) is 0 Å². The van der Waals surface area contributed by atoms with Gasteiger partial charge in [0, 0.05) is 17.9 Å². The van der Waals surface area contributed by atoms with Crippen molar-refractivity contribution in [2.75, 3.05) is 13.7 Å². The van der Waals surface area contributed by atoms with Gasteiger partial charge in [-0.1, -0.05) is 17.7 Å². The first-order valence-corrected chi connectivity index (χ1v) is 10.2. The van der Waals surface area contributed by atoms with Gasteiger partial charge >= 0.3 is 0 Å². The van der Waals surface area contributed by atoms with E-state index in [0.29, 0.717) is 21.7 Å². The largest absolute Gasteiger partial charge is 0.496 e. The van der Waals surface area contributed by atoms with Crippen LogP contribution in [0.3, 0.4) is 0 Å². The molecule has 2 N–H and O–H groups in total. The Bertz CT molecular complexity index is 951. The van der Waals surface area contributed by atoms with Crippen LogP contribution < -0.4 is 9.64 Å². The highest BCUT2D eigenvalue weighted by Gasteiger charge is 2.31. The number of likely N-dealkylation sites (tertiary alicyclic amines) is 1. The Kier molecular flexibility index (Phi) is 5.13. The van der Waals surface area contributed by atoms with E-state index in [9.17, 15) is 0 Å². The number of ether oxygens (including phenoxy) is 1. The highest BCUT2D eigenvalue weighted by atomic mass is 35.5. The molecule has 26 heavy (non-hydrogen) atoms. The molecule has 136 valence electrons. The van der Waals surface area contributed by atoms with Gasteiger partial charge in [0.25, 0.3) is 0 Å². The summed E-state index contributed by atoms with van der Waals surface area (Å²) in [6, 6.07) is 10.4. The van der Waals surface area contributed by atoms with Gasteiger partial charge in [-0.15, -0.1) is 11.3 Å². The maximum absolute atomic E-state index is 6.15. The molecule has 0 spiro atoms. The number of hydrogen-bond acceptors (Lipinski definition) is 4. The highest BCUT2D eigenvalue weighted by Crippen LogP contribution is 2.30. The zero-order valence-electron chi connectivity index (χ0n) is 14.4. The van der Waals surface area contributed by atoms with Crippen LogP contribution in [0.15, 0.2) is 35.7 Å². The molecule has 4 rings (SSSR count). The van der Waals surface area contributed by atoms with Gasteiger partial charge < -0.3 is 9.64 Å². The molecule has 8 heteroatoms. The molecule has 2 aromatic heterocycles. The van der Waals surface area contributed by atoms with E-state index < -0.39 is 0 Å². The van der Waals surface area contributed by atoms with Crippen LogP contribution in [0, 0.1) is 4.77 Å². The van der Waals surface area contributed by atoms with Crippen LogP contribution >= 0.6 is 35.2 Å². The number of rotatable bonds is 5. The average molecular weight is 408 g/mol. The molecule has 0 aliphatic carbocycles. The summed E-state index contributed by atoms with van der Waals surface area (Å²) in [6.07, 6.45) is 2.45. The predicted molar refractivity (Wildman–Crippen MR) is 107 cm³/mol. The summed E-state index contributed by atoms with van der Waals surface area (Å²) in [5.74, 6) is 1.40. The molecular formula is C18H20ClN4OS2+. The van der Waals surface area contributed by atoms with Gasteiger partial charge in [0.15, 0.2) is 12.5 Å². The van der Waals surface area contributed by atoms with Crippen LogP contribution in [0.2, 0.25) is 5.02 Å². The molecule has 1 aliphatic rings. The minimum absolute atomic E-state index is 0.532. The monoisotopic (exact) mass is 407 g/mol. The smallest absolute Gasteiger partial charge is 0.221 e. The fourth-order valence-corrected chi connectivity index (χ4v) is 4.88. The summed E-state index contributed by atoms with van der Waals surface area (Å²) in [5.41, 5.74) is 0.816. The van der Waals surface area contributed by atoms with Crippen molar-refractivity contribution < 1.29 is 9.64 Å². The molecule has 0 saturated carbocycles. The van der Waals surface area contributed by atoms with E-state index in [1.165, 1.54) is 22.6 Å². The second-order valence-corrected chi connectivity index (χ2v) is 8.18. The van der Waals surface area contributed by atoms with E-state index >= 15 is 0 Å². The second-order valence-electron chi connectivity index (χ2n) is 6.40. The predicted octanol–water partition coefficient (Wildman–Crippen LogP) is 3.71. The lowest BCUT2D eigenvalue weighted by molar-refractivity contribution is -0.941. The van der Waals surface area contributed by atoms with E-state index in [4.69, 9.17) is 28.6 Å². The van der Waals surface area contributed by atoms with E-state index in [1.807, 2.05) is 28.2 Å². The van der Waals surface area contributed by atoms with Crippen molar-refractivity contribution in [2.45, 2.75) is 25.6 Å². The van der Waals surface area contributed by atoms with E-state index in [1.54, 1.807) is 13.2 Å². The second kappa shape index (κ2) is 7.52. The lowest BCUT2D eigenvalue weighted by Crippen LogP contribution is -3.09. The first-order valence-electron chi connectivity index (χ1n) is 8.54. The van der Waals surface area contributed by atoms with E-state index in [2.05, 4.69) is 27.6 Å². The summed E-state index contributed by atoms with van der Waals surface area (Å²) in [6.45, 7) is 1.91. The summed E-state index contributed by atoms with van der Waals surface area (Å²) < 4.78 is 7.94. The van der Waals surface area contributed by atoms with Crippen LogP contribution in [0.4, 0.5) is 0 Å². The molecule has 1 fully saturated rings. The summed E-state index contributed by atoms with van der Waals surface area (Å²) in [4.78, 5) is 7.49. The number of methoxy groups -OCH3 is 1. The molecule has 2 atom stereocenters. The normalized spacial score (nSPS) is 19.8. The molecule has 1 saturated heterocycles. The Morgan fingerprint density at radius 2 is 2.35 bits per heavy atom. The van der Waals surface area contributed by atoms with Crippen molar-refractivity contribution in [3.05, 3.63) is 50.4 Å². The van der Waals surface area contributed by atoms with Crippen molar-refractivity contribution in [3.8, 4) is 17.1 Å². The first kappa shape index (κ1) is 17.7. The fraction of sp³-hybridized carbons (Fsp3) is 0.333. The molecule has 0 radical (unpaired) electrons. The Balaban J connectivity index is 1.62.